The fraction of sp³-hybridized carbons (Fsp3) is 0.684. The van der Waals surface area contributed by atoms with Crippen molar-refractivity contribution in [2.24, 2.45) is 17.3 Å². The van der Waals surface area contributed by atoms with Crippen molar-refractivity contribution in [3.05, 3.63) is 29.3 Å². The first-order chi connectivity index (χ1) is 10.5. The molecule has 128 valence electrons. The Morgan fingerprint density at radius 2 is 2.04 bits per heavy atom. The number of likely N-dealkylation sites (N-methyl/N-ethyl adjacent to an activating group) is 1. The molecule has 0 aliphatic heterocycles. The molecule has 0 amide bonds. The lowest BCUT2D eigenvalue weighted by Crippen LogP contribution is -2.49. The lowest BCUT2D eigenvalue weighted by atomic mass is 9.55. The average molecular weight is 338 g/mol. The Labute approximate surface area is 144 Å². The second-order valence-electron chi connectivity index (χ2n) is 7.91. The van der Waals surface area contributed by atoms with Crippen molar-refractivity contribution in [2.75, 3.05) is 7.05 Å². The van der Waals surface area contributed by atoms with Gasteiger partial charge in [0.1, 0.15) is 5.75 Å². The summed E-state index contributed by atoms with van der Waals surface area (Å²) in [5.74, 6) is 2.30. The topological polar surface area (TPSA) is 52.5 Å². The molecular weight excluding hydrogens is 310 g/mol. The lowest BCUT2D eigenvalue weighted by molar-refractivity contribution is 0.0382. The molecule has 1 aromatic rings. The van der Waals surface area contributed by atoms with E-state index in [2.05, 4.69) is 18.3 Å². The van der Waals surface area contributed by atoms with Gasteiger partial charge in [-0.2, -0.15) is 0 Å². The van der Waals surface area contributed by atoms with E-state index in [1.807, 2.05) is 19.2 Å². The predicted molar refractivity (Wildman–Crippen MR) is 94.2 cm³/mol. The number of benzene rings is 1. The molecule has 0 radical (unpaired) electrons. The van der Waals surface area contributed by atoms with Gasteiger partial charge in [0.05, 0.1) is 6.10 Å². The number of nitrogens with one attached hydrogen (secondary N) is 1. The van der Waals surface area contributed by atoms with Gasteiger partial charge in [0.25, 0.3) is 0 Å². The maximum Gasteiger partial charge on any atom is 0.115 e. The highest BCUT2D eigenvalue weighted by Crippen LogP contribution is 2.60. The molecule has 0 saturated heterocycles. The third kappa shape index (κ3) is 2.40. The number of phenolic OH excluding ortho intramolecular Hbond substituents is 1. The third-order valence-corrected chi connectivity index (χ3v) is 7.05. The molecule has 2 fully saturated rings. The zero-order chi connectivity index (χ0) is 15.5. The molecule has 6 atom stereocenters. The Morgan fingerprint density at radius 3 is 2.78 bits per heavy atom. The zero-order valence-electron chi connectivity index (χ0n) is 14.0. The summed E-state index contributed by atoms with van der Waals surface area (Å²) in [6.07, 6.45) is 5.39. The highest BCUT2D eigenvalue weighted by Gasteiger charge is 2.57. The largest absolute Gasteiger partial charge is 0.508 e. The van der Waals surface area contributed by atoms with E-state index in [4.69, 9.17) is 0 Å². The van der Waals surface area contributed by atoms with Gasteiger partial charge in [0.15, 0.2) is 0 Å². The first kappa shape index (κ1) is 17.1. The van der Waals surface area contributed by atoms with E-state index in [-0.39, 0.29) is 30.0 Å². The summed E-state index contributed by atoms with van der Waals surface area (Å²) in [4.78, 5) is 0. The normalized spacial score (nSPS) is 41.4. The second-order valence-corrected chi connectivity index (χ2v) is 7.91. The number of aromatic hydroxyl groups is 1. The summed E-state index contributed by atoms with van der Waals surface area (Å²) >= 11 is 0. The van der Waals surface area contributed by atoms with Gasteiger partial charge in [0.2, 0.25) is 0 Å². The maximum absolute atomic E-state index is 10.5. The fourth-order valence-electron chi connectivity index (χ4n) is 6.10. The molecule has 3 aliphatic carbocycles. The lowest BCUT2D eigenvalue weighted by Gasteiger charge is -2.50. The van der Waals surface area contributed by atoms with Gasteiger partial charge >= 0.3 is 0 Å². The molecule has 1 aromatic carbocycles. The van der Waals surface area contributed by atoms with Crippen molar-refractivity contribution in [1.29, 1.82) is 0 Å². The van der Waals surface area contributed by atoms with Crippen LogP contribution in [0.2, 0.25) is 0 Å². The van der Waals surface area contributed by atoms with Crippen molar-refractivity contribution in [3.63, 3.8) is 0 Å². The minimum absolute atomic E-state index is 0. The van der Waals surface area contributed by atoms with Crippen molar-refractivity contribution >= 4 is 12.4 Å². The van der Waals surface area contributed by atoms with E-state index in [0.29, 0.717) is 23.5 Å². The molecule has 4 heteroatoms. The number of hydrogen-bond acceptors (Lipinski definition) is 3. The monoisotopic (exact) mass is 337 g/mol. The van der Waals surface area contributed by atoms with Gasteiger partial charge in [-0.15, -0.1) is 12.4 Å². The van der Waals surface area contributed by atoms with Crippen LogP contribution in [-0.4, -0.2) is 29.4 Å². The Balaban J connectivity index is 0.00000156. The van der Waals surface area contributed by atoms with E-state index >= 15 is 0 Å². The van der Waals surface area contributed by atoms with E-state index in [1.165, 1.54) is 30.4 Å². The van der Waals surface area contributed by atoms with E-state index in [9.17, 15) is 10.2 Å². The van der Waals surface area contributed by atoms with Crippen molar-refractivity contribution in [1.82, 2.24) is 5.32 Å². The number of halogens is 1. The van der Waals surface area contributed by atoms with Crippen LogP contribution >= 0.6 is 12.4 Å². The van der Waals surface area contributed by atoms with E-state index in [1.54, 1.807) is 0 Å². The molecule has 0 heterocycles. The Kier molecular flexibility index (Phi) is 4.41. The van der Waals surface area contributed by atoms with Crippen LogP contribution in [0.15, 0.2) is 18.2 Å². The highest BCUT2D eigenvalue weighted by atomic mass is 35.5. The standard InChI is InChI=1S/C19H27NO2.ClH/c1-19-8-7-14-13-6-4-12(21)9-11(13)3-5-15(14)16(19)10-17(22)18(19)20-2;/h4,6,9,14-18,20-22H,3,5,7-8,10H2,1-2H3;1H/t14-,15-,16+,17-,18+,19+;/m1./s1. The van der Waals surface area contributed by atoms with Crippen LogP contribution in [-0.2, 0) is 6.42 Å². The van der Waals surface area contributed by atoms with Gasteiger partial charge in [-0.25, -0.2) is 0 Å². The molecule has 0 spiro atoms. The number of aryl methyl sites for hydroxylation is 1. The summed E-state index contributed by atoms with van der Waals surface area (Å²) in [6.45, 7) is 2.39. The predicted octanol–water partition coefficient (Wildman–Crippen LogP) is 3.23. The number of rotatable bonds is 1. The summed E-state index contributed by atoms with van der Waals surface area (Å²) in [6, 6.07) is 6.18. The molecule has 3 N–H and O–H groups in total. The van der Waals surface area contributed by atoms with E-state index < -0.39 is 0 Å². The van der Waals surface area contributed by atoms with Crippen LogP contribution in [0, 0.1) is 17.3 Å². The molecule has 0 bridgehead atoms. The minimum atomic E-state index is -0.208. The molecule has 3 nitrogen and oxygen atoms in total. The summed E-state index contributed by atoms with van der Waals surface area (Å²) in [7, 11) is 1.99. The van der Waals surface area contributed by atoms with Crippen LogP contribution in [0.5, 0.6) is 5.75 Å². The molecule has 0 unspecified atom stereocenters. The van der Waals surface area contributed by atoms with E-state index in [0.717, 1.165) is 12.8 Å². The summed E-state index contributed by atoms with van der Waals surface area (Å²) in [5.41, 5.74) is 3.02. The van der Waals surface area contributed by atoms with Gasteiger partial charge in [0, 0.05) is 6.04 Å². The number of aliphatic hydroxyl groups is 1. The quantitative estimate of drug-likeness (QED) is 0.737. The smallest absolute Gasteiger partial charge is 0.115 e. The number of hydrogen-bond donors (Lipinski definition) is 3. The SMILES string of the molecule is CN[C@H]1[C@H](O)C[C@H]2[C@@H]3CCc4cc(O)ccc4[C@H]3CC[C@@]21C.Cl. The van der Waals surface area contributed by atoms with Gasteiger partial charge in [-0.3, -0.25) is 0 Å². The molecular formula is C19H28ClNO2. The van der Waals surface area contributed by atoms with Gasteiger partial charge < -0.3 is 15.5 Å². The summed E-state index contributed by atoms with van der Waals surface area (Å²) in [5, 5.41) is 23.6. The molecule has 2 saturated carbocycles. The molecule has 3 aliphatic rings. The van der Waals surface area contributed by atoms with Gasteiger partial charge in [-0.1, -0.05) is 13.0 Å². The number of fused-ring (bicyclic) bond motifs is 5. The van der Waals surface area contributed by atoms with Crippen LogP contribution in [0.3, 0.4) is 0 Å². The first-order valence-electron chi connectivity index (χ1n) is 8.71. The molecule has 23 heavy (non-hydrogen) atoms. The number of phenols is 1. The Bertz CT molecular complexity index is 593. The third-order valence-electron chi connectivity index (χ3n) is 7.05. The van der Waals surface area contributed by atoms with Gasteiger partial charge in [-0.05, 0) is 85.6 Å². The van der Waals surface area contributed by atoms with Crippen molar-refractivity contribution < 1.29 is 10.2 Å². The minimum Gasteiger partial charge on any atom is -0.508 e. The second kappa shape index (κ2) is 5.94. The van der Waals surface area contributed by atoms with Crippen LogP contribution in [0.1, 0.15) is 49.7 Å². The number of aliphatic hydroxyl groups excluding tert-OH is 1. The summed E-state index contributed by atoms with van der Waals surface area (Å²) < 4.78 is 0. The molecule has 0 aromatic heterocycles. The fourth-order valence-corrected chi connectivity index (χ4v) is 6.10. The van der Waals surface area contributed by atoms with Crippen molar-refractivity contribution in [2.45, 2.75) is 57.1 Å². The van der Waals surface area contributed by atoms with Crippen molar-refractivity contribution in [3.8, 4) is 5.75 Å². The maximum atomic E-state index is 10.5. The Hall–Kier alpha value is -0.770. The van der Waals surface area contributed by atoms with Crippen LogP contribution in [0.4, 0.5) is 0 Å². The van der Waals surface area contributed by atoms with Crippen LogP contribution < -0.4 is 5.32 Å². The highest BCUT2D eigenvalue weighted by molar-refractivity contribution is 5.85. The molecule has 4 rings (SSSR count). The van der Waals surface area contributed by atoms with Crippen LogP contribution in [0.25, 0.3) is 0 Å². The first-order valence-corrected chi connectivity index (χ1v) is 8.71. The average Bonchev–Trinajstić information content (AvgIpc) is 2.76. The zero-order valence-corrected chi connectivity index (χ0v) is 14.8. The Morgan fingerprint density at radius 1 is 1.26 bits per heavy atom.